The quantitative estimate of drug-likeness (QED) is 0.397. The fourth-order valence-corrected chi connectivity index (χ4v) is 3.92. The van der Waals surface area contributed by atoms with E-state index in [4.69, 9.17) is 18.9 Å². The highest BCUT2D eigenvalue weighted by atomic mass is 16.6. The van der Waals surface area contributed by atoms with Crippen LogP contribution in [0, 0.1) is 0 Å². The molecule has 0 aromatic carbocycles. The lowest BCUT2D eigenvalue weighted by atomic mass is 10.0. The van der Waals surface area contributed by atoms with Gasteiger partial charge in [0, 0.05) is 0 Å². The number of aliphatic hydroxyl groups excluding tert-OH is 2. The zero-order chi connectivity index (χ0) is 29.3. The first-order chi connectivity index (χ1) is 17.5. The maximum Gasteiger partial charge on any atom is 0.411 e. The predicted octanol–water partition coefficient (Wildman–Crippen LogP) is 2.62. The van der Waals surface area contributed by atoms with E-state index in [0.717, 1.165) is 0 Å². The van der Waals surface area contributed by atoms with Crippen LogP contribution in [0.15, 0.2) is 0 Å². The van der Waals surface area contributed by atoms with E-state index in [9.17, 15) is 29.4 Å². The van der Waals surface area contributed by atoms with Crippen molar-refractivity contribution in [3.63, 3.8) is 0 Å². The minimum atomic E-state index is -0.668. The predicted molar refractivity (Wildman–Crippen MR) is 137 cm³/mol. The molecule has 38 heavy (non-hydrogen) atoms. The van der Waals surface area contributed by atoms with Gasteiger partial charge in [0.2, 0.25) is 0 Å². The van der Waals surface area contributed by atoms with Gasteiger partial charge < -0.3 is 29.2 Å². The average molecular weight is 547 g/mol. The zero-order valence-electron chi connectivity index (χ0n) is 24.0. The molecule has 2 saturated heterocycles. The third kappa shape index (κ3) is 11.4. The number of carbonyl (C=O) groups is 4. The van der Waals surface area contributed by atoms with Crippen molar-refractivity contribution < 1.29 is 48.3 Å². The Balaban J connectivity index is 0.000000380. The summed E-state index contributed by atoms with van der Waals surface area (Å²) in [5, 5.41) is 19.3. The third-order valence-corrected chi connectivity index (χ3v) is 5.49. The van der Waals surface area contributed by atoms with Gasteiger partial charge >= 0.3 is 24.1 Å². The number of nitrogens with zero attached hydrogens (tertiary/aromatic N) is 2. The molecule has 0 aromatic rings. The molecule has 220 valence electrons. The molecule has 2 heterocycles. The van der Waals surface area contributed by atoms with E-state index in [0.29, 0.717) is 25.7 Å². The average Bonchev–Trinajstić information content (AvgIpc) is 2.77. The van der Waals surface area contributed by atoms with Crippen molar-refractivity contribution in [1.82, 2.24) is 9.80 Å². The summed E-state index contributed by atoms with van der Waals surface area (Å²) in [6, 6.07) is -1.34. The molecule has 2 N–H and O–H groups in total. The summed E-state index contributed by atoms with van der Waals surface area (Å²) < 4.78 is 20.4. The molecule has 2 fully saturated rings. The molecule has 0 radical (unpaired) electrons. The van der Waals surface area contributed by atoms with Gasteiger partial charge in [-0.15, -0.1) is 0 Å². The molecule has 12 nitrogen and oxygen atoms in total. The van der Waals surface area contributed by atoms with E-state index in [1.165, 1.54) is 9.80 Å². The van der Waals surface area contributed by atoms with Gasteiger partial charge in [0.15, 0.2) is 0 Å². The van der Waals surface area contributed by atoms with Crippen LogP contribution >= 0.6 is 0 Å². The number of hydrogen-bond donors (Lipinski definition) is 2. The lowest BCUT2D eigenvalue weighted by molar-refractivity contribution is -0.152. The SMILES string of the molecule is CCOC(=O)[C@@H]1CC[C@H](O)CN1C(=O)OC(C)(C)C.CCOC(=O)[C@H]1CC[C@@H](O)CN1C(=O)OC(C)(C)C. The molecule has 0 aliphatic carbocycles. The smallest absolute Gasteiger partial charge is 0.411 e. The third-order valence-electron chi connectivity index (χ3n) is 5.49. The number of likely N-dealkylation sites (tertiary alicyclic amines) is 2. The second-order valence-corrected chi connectivity index (χ2v) is 11.3. The first-order valence-electron chi connectivity index (χ1n) is 13.2. The lowest BCUT2D eigenvalue weighted by Crippen LogP contribution is -2.53. The van der Waals surface area contributed by atoms with E-state index >= 15 is 0 Å². The normalized spacial score (nSPS) is 23.9. The Kier molecular flexibility index (Phi) is 12.8. The molecule has 12 heteroatoms. The fraction of sp³-hybridized carbons (Fsp3) is 0.846. The summed E-state index contributed by atoms with van der Waals surface area (Å²) >= 11 is 0. The van der Waals surface area contributed by atoms with Gasteiger partial charge in [-0.05, 0) is 81.1 Å². The van der Waals surface area contributed by atoms with Crippen LogP contribution in [0.4, 0.5) is 9.59 Å². The van der Waals surface area contributed by atoms with Gasteiger partial charge in [0.05, 0.1) is 38.5 Å². The van der Waals surface area contributed by atoms with Gasteiger partial charge in [0.25, 0.3) is 0 Å². The van der Waals surface area contributed by atoms with Gasteiger partial charge in [-0.1, -0.05) is 0 Å². The summed E-state index contributed by atoms with van der Waals surface area (Å²) in [5.74, 6) is -0.888. The molecule has 0 bridgehead atoms. The molecule has 0 spiro atoms. The maximum atomic E-state index is 12.1. The zero-order valence-corrected chi connectivity index (χ0v) is 24.0. The van der Waals surface area contributed by atoms with Gasteiger partial charge in [-0.2, -0.15) is 0 Å². The minimum absolute atomic E-state index is 0.0956. The summed E-state index contributed by atoms with van der Waals surface area (Å²) in [6.45, 7) is 14.7. The highest BCUT2D eigenvalue weighted by Gasteiger charge is 2.39. The summed E-state index contributed by atoms with van der Waals surface area (Å²) in [5.41, 5.74) is -1.28. The number of rotatable bonds is 4. The second-order valence-electron chi connectivity index (χ2n) is 11.3. The number of β-amino-alcohol motifs (C(OH)–C–C–N with tert-alkyl or cyclic N) is 2. The van der Waals surface area contributed by atoms with Crippen molar-refractivity contribution in [1.29, 1.82) is 0 Å². The highest BCUT2D eigenvalue weighted by molar-refractivity contribution is 5.82. The van der Waals surface area contributed by atoms with Crippen LogP contribution in [0.5, 0.6) is 0 Å². The van der Waals surface area contributed by atoms with Crippen LogP contribution in [-0.4, -0.2) is 106 Å². The molecule has 0 saturated carbocycles. The molecular formula is C26H46N2O10. The van der Waals surface area contributed by atoms with Crippen LogP contribution in [0.3, 0.4) is 0 Å². The number of esters is 2. The van der Waals surface area contributed by atoms with Crippen molar-refractivity contribution in [2.75, 3.05) is 26.3 Å². The molecular weight excluding hydrogens is 500 g/mol. The molecule has 4 atom stereocenters. The summed E-state index contributed by atoms with van der Waals surface area (Å²) in [4.78, 5) is 50.3. The van der Waals surface area contributed by atoms with Crippen molar-refractivity contribution in [3.8, 4) is 0 Å². The van der Waals surface area contributed by atoms with E-state index < -0.39 is 59.6 Å². The van der Waals surface area contributed by atoms with Crippen LogP contribution in [0.1, 0.15) is 81.1 Å². The van der Waals surface area contributed by atoms with Gasteiger partial charge in [-0.25, -0.2) is 19.2 Å². The van der Waals surface area contributed by atoms with Crippen molar-refractivity contribution in [2.45, 2.75) is 117 Å². The number of ether oxygens (including phenoxy) is 4. The Morgan fingerprint density at radius 1 is 0.658 bits per heavy atom. The standard InChI is InChI=1S/2C13H23NO5/c2*1-5-18-11(16)10-7-6-9(15)8-14(10)12(17)19-13(2,3)4/h2*9-10,15H,5-8H2,1-4H3/t2*9-,10-/m10/s1. The fourth-order valence-electron chi connectivity index (χ4n) is 3.92. The van der Waals surface area contributed by atoms with Crippen molar-refractivity contribution in [3.05, 3.63) is 0 Å². The van der Waals surface area contributed by atoms with Crippen LogP contribution in [0.2, 0.25) is 0 Å². The molecule has 2 aliphatic heterocycles. The number of amides is 2. The molecule has 0 aromatic heterocycles. The molecule has 0 unspecified atom stereocenters. The number of carbonyl (C=O) groups excluding carboxylic acids is 4. The van der Waals surface area contributed by atoms with Gasteiger partial charge in [0.1, 0.15) is 23.3 Å². The largest absolute Gasteiger partial charge is 0.464 e. The Morgan fingerprint density at radius 3 is 1.24 bits per heavy atom. The van der Waals surface area contributed by atoms with E-state index in [1.807, 2.05) is 0 Å². The monoisotopic (exact) mass is 546 g/mol. The molecule has 2 aliphatic rings. The number of piperidine rings is 2. The van der Waals surface area contributed by atoms with Crippen molar-refractivity contribution >= 4 is 24.1 Å². The van der Waals surface area contributed by atoms with E-state index in [-0.39, 0.29) is 26.3 Å². The Labute approximate surface area is 225 Å². The van der Waals surface area contributed by atoms with Crippen LogP contribution in [-0.2, 0) is 28.5 Å². The summed E-state index contributed by atoms with van der Waals surface area (Å²) in [6.07, 6.45) is -0.714. The highest BCUT2D eigenvalue weighted by Crippen LogP contribution is 2.23. The second kappa shape index (κ2) is 14.5. The Bertz CT molecular complexity index is 739. The van der Waals surface area contributed by atoms with Crippen molar-refractivity contribution in [2.24, 2.45) is 0 Å². The Hall–Kier alpha value is -2.60. The first kappa shape index (κ1) is 33.4. The van der Waals surface area contributed by atoms with E-state index in [1.54, 1.807) is 55.4 Å². The Morgan fingerprint density at radius 2 is 0.974 bits per heavy atom. The maximum absolute atomic E-state index is 12.1. The van der Waals surface area contributed by atoms with Crippen LogP contribution < -0.4 is 0 Å². The van der Waals surface area contributed by atoms with Gasteiger partial charge in [-0.3, -0.25) is 9.80 Å². The van der Waals surface area contributed by atoms with Crippen LogP contribution in [0.25, 0.3) is 0 Å². The summed E-state index contributed by atoms with van der Waals surface area (Å²) in [7, 11) is 0. The lowest BCUT2D eigenvalue weighted by Gasteiger charge is -2.37. The number of aliphatic hydroxyl groups is 2. The first-order valence-corrected chi connectivity index (χ1v) is 13.2. The molecule has 2 amide bonds. The molecule has 2 rings (SSSR count). The number of hydrogen-bond acceptors (Lipinski definition) is 10. The minimum Gasteiger partial charge on any atom is -0.464 e. The van der Waals surface area contributed by atoms with E-state index in [2.05, 4.69) is 0 Å². The topological polar surface area (TPSA) is 152 Å².